The van der Waals surface area contributed by atoms with Crippen LogP contribution in [0.25, 0.3) is 0 Å². The van der Waals surface area contributed by atoms with Crippen LogP contribution in [-0.2, 0) is 38.2 Å². The Kier molecular flexibility index (Phi) is 10.2. The van der Waals surface area contributed by atoms with Gasteiger partial charge in [-0.15, -0.1) is 6.58 Å². The summed E-state index contributed by atoms with van der Waals surface area (Å²) in [7, 11) is -3.05. The molecule has 3 aliphatic rings. The number of rotatable bonds is 10. The van der Waals surface area contributed by atoms with Gasteiger partial charge in [-0.25, -0.2) is 9.59 Å². The van der Waals surface area contributed by atoms with Gasteiger partial charge in [0.05, 0.1) is 18.1 Å². The molecule has 1 aromatic rings. The molecule has 2 N–H and O–H groups in total. The molecule has 0 bridgehead atoms. The summed E-state index contributed by atoms with van der Waals surface area (Å²) in [5, 5.41) is 5.42. The van der Waals surface area contributed by atoms with Crippen LogP contribution in [0.15, 0.2) is 46.3 Å². The first-order valence-electron chi connectivity index (χ1n) is 14.6. The van der Waals surface area contributed by atoms with Crippen molar-refractivity contribution in [1.29, 1.82) is 0 Å². The van der Waals surface area contributed by atoms with Crippen molar-refractivity contribution in [2.75, 3.05) is 13.7 Å². The van der Waals surface area contributed by atoms with Gasteiger partial charge < -0.3 is 25.0 Å². The first-order valence-corrected chi connectivity index (χ1v) is 16.8. The highest BCUT2D eigenvalue weighted by Gasteiger charge is 2.62. The topological polar surface area (TPSA) is 157 Å². The van der Waals surface area contributed by atoms with Crippen LogP contribution in [0.2, 0.25) is 0 Å². The van der Waals surface area contributed by atoms with Crippen LogP contribution in [-0.4, -0.2) is 80.7 Å². The molecule has 44 heavy (non-hydrogen) atoms. The Morgan fingerprint density at radius 2 is 1.75 bits per heavy atom. The fourth-order valence-corrected chi connectivity index (χ4v) is 7.15. The molecule has 1 heterocycles. The number of benzene rings is 1. The summed E-state index contributed by atoms with van der Waals surface area (Å²) < 4.78 is 42.9. The molecule has 2 aliphatic carbocycles. The maximum absolute atomic E-state index is 14.1. The number of hydrogen-bond acceptors (Lipinski definition) is 9. The lowest BCUT2D eigenvalue weighted by Crippen LogP contribution is -2.59. The monoisotopic (exact) mass is 697 g/mol. The molecule has 3 amide bonds. The Hall–Kier alpha value is -2.97. The number of carbonyl (C=O) groups is 4. The fraction of sp³-hybridized carbons (Fsp3) is 0.600. The van der Waals surface area contributed by atoms with Gasteiger partial charge >= 0.3 is 12.1 Å². The van der Waals surface area contributed by atoms with Crippen molar-refractivity contribution in [1.82, 2.24) is 15.5 Å². The van der Waals surface area contributed by atoms with Crippen molar-refractivity contribution in [3.05, 3.63) is 41.4 Å². The molecule has 1 aromatic carbocycles. The summed E-state index contributed by atoms with van der Waals surface area (Å²) in [6, 6.07) is 3.53. The number of alkyl carbamates (subject to hydrolysis) is 1. The molecule has 14 heteroatoms. The zero-order chi connectivity index (χ0) is 32.4. The van der Waals surface area contributed by atoms with E-state index in [0.717, 1.165) is 25.7 Å². The van der Waals surface area contributed by atoms with Crippen molar-refractivity contribution in [3.8, 4) is 0 Å². The summed E-state index contributed by atoms with van der Waals surface area (Å²) in [5.74, 6) is -2.32. The number of likely N-dealkylation sites (tertiary alicyclic amines) is 1. The smallest absolute Gasteiger partial charge is 0.408 e. The summed E-state index contributed by atoms with van der Waals surface area (Å²) in [5.41, 5.74) is -2.15. The molecule has 4 rings (SSSR count). The molecular weight excluding hydrogens is 658 g/mol. The SMILES string of the molecule is C=C[C@@H]1C[C@]1(NC(=O)[C@@H]1C[C@H](OS(=O)(=O)c2ccc(Br)cc2)CN1C(=O)[C@@H](NC(=O)OC1CCCC1)C(C)(C)C)C(=O)OC. The molecule has 242 valence electrons. The van der Waals surface area contributed by atoms with E-state index in [2.05, 4.69) is 33.1 Å². The van der Waals surface area contributed by atoms with E-state index < -0.39 is 63.1 Å². The molecule has 0 spiro atoms. The van der Waals surface area contributed by atoms with Crippen molar-refractivity contribution < 1.29 is 41.3 Å². The van der Waals surface area contributed by atoms with Crippen molar-refractivity contribution >= 4 is 49.9 Å². The second-order valence-electron chi connectivity index (χ2n) is 12.6. The minimum atomic E-state index is -4.26. The van der Waals surface area contributed by atoms with Gasteiger partial charge in [0.15, 0.2) is 0 Å². The zero-order valence-electron chi connectivity index (χ0n) is 25.3. The number of amides is 3. The number of methoxy groups -OCH3 is 1. The van der Waals surface area contributed by atoms with Gasteiger partial charge in [0.1, 0.15) is 23.7 Å². The number of carbonyl (C=O) groups excluding carboxylic acids is 4. The Morgan fingerprint density at radius 1 is 1.11 bits per heavy atom. The van der Waals surface area contributed by atoms with E-state index in [1.54, 1.807) is 39.0 Å². The molecule has 1 saturated heterocycles. The van der Waals surface area contributed by atoms with Crippen LogP contribution in [0, 0.1) is 11.3 Å². The third kappa shape index (κ3) is 7.45. The normalized spacial score (nSPS) is 26.0. The molecule has 0 radical (unpaired) electrons. The molecular formula is C30H40BrN3O9S. The van der Waals surface area contributed by atoms with E-state index in [1.807, 2.05) is 0 Å². The van der Waals surface area contributed by atoms with Gasteiger partial charge in [-0.2, -0.15) is 8.42 Å². The lowest BCUT2D eigenvalue weighted by molar-refractivity contribution is -0.148. The Balaban J connectivity index is 1.60. The number of nitrogens with one attached hydrogen (secondary N) is 2. The Bertz CT molecular complexity index is 1390. The standard InChI is InChI=1S/C30H40BrN3O9S/c1-6-18-16-30(18,27(37)41-5)33-25(35)23-15-21(43-44(39,40)22-13-11-19(31)12-14-22)17-34(23)26(36)24(29(2,3)4)32-28(38)42-20-9-7-8-10-20/h6,11-14,18,20-21,23-24H,1,7-10,15-17H2,2-5H3,(H,32,38)(H,33,35)/t18-,21+,23+,24-,30-/m1/s1. The van der Waals surface area contributed by atoms with Gasteiger partial charge in [-0.3, -0.25) is 13.8 Å². The molecule has 0 aromatic heterocycles. The molecule has 0 unspecified atom stereocenters. The van der Waals surface area contributed by atoms with Crippen molar-refractivity contribution in [2.45, 2.75) is 94.0 Å². The average Bonchev–Trinajstić information content (AvgIpc) is 3.24. The highest BCUT2D eigenvalue weighted by molar-refractivity contribution is 9.10. The number of ether oxygens (including phenoxy) is 2. The van der Waals surface area contributed by atoms with E-state index in [-0.39, 0.29) is 36.3 Å². The van der Waals surface area contributed by atoms with Crippen LogP contribution < -0.4 is 10.6 Å². The zero-order valence-corrected chi connectivity index (χ0v) is 27.7. The molecule has 5 atom stereocenters. The van der Waals surface area contributed by atoms with Gasteiger partial charge in [0.2, 0.25) is 11.8 Å². The predicted molar refractivity (Wildman–Crippen MR) is 163 cm³/mol. The van der Waals surface area contributed by atoms with Crippen molar-refractivity contribution in [2.24, 2.45) is 11.3 Å². The third-order valence-corrected chi connectivity index (χ3v) is 10.3. The van der Waals surface area contributed by atoms with Crippen LogP contribution in [0.3, 0.4) is 0 Å². The van der Waals surface area contributed by atoms with Gasteiger partial charge in [0.25, 0.3) is 10.1 Å². The second kappa shape index (κ2) is 13.2. The van der Waals surface area contributed by atoms with E-state index >= 15 is 0 Å². The predicted octanol–water partition coefficient (Wildman–Crippen LogP) is 3.44. The molecule has 3 fully saturated rings. The second-order valence-corrected chi connectivity index (χ2v) is 15.1. The number of nitrogens with zero attached hydrogens (tertiary/aromatic N) is 1. The molecule has 12 nitrogen and oxygen atoms in total. The number of halogens is 1. The Morgan fingerprint density at radius 3 is 2.30 bits per heavy atom. The first kappa shape index (κ1) is 33.9. The first-order chi connectivity index (χ1) is 20.6. The van der Waals surface area contributed by atoms with Crippen LogP contribution in [0.1, 0.15) is 59.3 Å². The van der Waals surface area contributed by atoms with E-state index in [9.17, 15) is 27.6 Å². The lowest BCUT2D eigenvalue weighted by atomic mass is 9.85. The summed E-state index contributed by atoms with van der Waals surface area (Å²) in [6.07, 6.45) is 2.97. The van der Waals surface area contributed by atoms with E-state index in [1.165, 1.54) is 24.1 Å². The minimum Gasteiger partial charge on any atom is -0.467 e. The lowest BCUT2D eigenvalue weighted by Gasteiger charge is -2.35. The maximum Gasteiger partial charge on any atom is 0.408 e. The maximum atomic E-state index is 14.1. The van der Waals surface area contributed by atoms with Crippen molar-refractivity contribution in [3.63, 3.8) is 0 Å². The number of hydrogen-bond donors (Lipinski definition) is 2. The summed E-state index contributed by atoms with van der Waals surface area (Å²) in [4.78, 5) is 54.5. The quantitative estimate of drug-likeness (QED) is 0.212. The molecule has 1 aliphatic heterocycles. The highest BCUT2D eigenvalue weighted by atomic mass is 79.9. The van der Waals surface area contributed by atoms with Crippen LogP contribution in [0.4, 0.5) is 4.79 Å². The van der Waals surface area contributed by atoms with Gasteiger partial charge in [0, 0.05) is 23.4 Å². The highest BCUT2D eigenvalue weighted by Crippen LogP contribution is 2.45. The summed E-state index contributed by atoms with van der Waals surface area (Å²) >= 11 is 3.27. The van der Waals surface area contributed by atoms with Crippen LogP contribution in [0.5, 0.6) is 0 Å². The third-order valence-electron chi connectivity index (χ3n) is 8.36. The van der Waals surface area contributed by atoms with E-state index in [0.29, 0.717) is 4.47 Å². The average molecular weight is 699 g/mol. The minimum absolute atomic E-state index is 0.0909. The van der Waals surface area contributed by atoms with Gasteiger partial charge in [-0.1, -0.05) is 42.8 Å². The fourth-order valence-electron chi connectivity index (χ4n) is 5.81. The Labute approximate surface area is 266 Å². The largest absolute Gasteiger partial charge is 0.467 e. The number of esters is 1. The van der Waals surface area contributed by atoms with Crippen LogP contribution >= 0.6 is 15.9 Å². The summed E-state index contributed by atoms with van der Waals surface area (Å²) in [6.45, 7) is 8.74. The van der Waals surface area contributed by atoms with E-state index in [4.69, 9.17) is 13.7 Å². The molecule has 2 saturated carbocycles. The van der Waals surface area contributed by atoms with Gasteiger partial charge in [-0.05, 0) is 61.8 Å².